The number of nitrogens with zero attached hydrogens (tertiary/aromatic N) is 4. The van der Waals surface area contributed by atoms with Crippen molar-refractivity contribution >= 4 is 34.2 Å². The van der Waals surface area contributed by atoms with Crippen molar-refractivity contribution in [3.63, 3.8) is 0 Å². The normalized spacial score (nSPS) is 26.6. The molecule has 1 aromatic heterocycles. The Bertz CT molecular complexity index is 881. The Labute approximate surface area is 176 Å². The molecular formula is C22H25ClN4S. The summed E-state index contributed by atoms with van der Waals surface area (Å²) in [6.45, 7) is 4.47. The molecule has 0 saturated carbocycles. The standard InChI is InChI=1S/C22H25ClN4S/c1-2-16-14-28-22-25-20(18-7-3-4-10-24-18)21(27(16)22)15-8-9-19(17(23)13-15)26-11-5-6-12-26/h3-4,7-10,13,16,20-21H,2,5-6,11-12,14H2,1H3/t16-,20+,21+/m0/s1. The van der Waals surface area contributed by atoms with Gasteiger partial charge in [-0.1, -0.05) is 42.4 Å². The van der Waals surface area contributed by atoms with E-state index < -0.39 is 0 Å². The van der Waals surface area contributed by atoms with Crippen LogP contribution in [0.5, 0.6) is 0 Å². The van der Waals surface area contributed by atoms with Crippen LogP contribution in [0.4, 0.5) is 5.69 Å². The predicted molar refractivity (Wildman–Crippen MR) is 118 cm³/mol. The molecule has 0 radical (unpaired) electrons. The quantitative estimate of drug-likeness (QED) is 0.680. The van der Waals surface area contributed by atoms with E-state index in [9.17, 15) is 0 Å². The maximum absolute atomic E-state index is 6.78. The number of hydrogen-bond acceptors (Lipinski definition) is 5. The van der Waals surface area contributed by atoms with Crippen LogP contribution < -0.4 is 4.90 Å². The lowest BCUT2D eigenvalue weighted by atomic mass is 9.95. The van der Waals surface area contributed by atoms with E-state index in [4.69, 9.17) is 16.6 Å². The second-order valence-electron chi connectivity index (χ2n) is 7.74. The lowest BCUT2D eigenvalue weighted by molar-refractivity contribution is 0.255. The summed E-state index contributed by atoms with van der Waals surface area (Å²) in [6, 6.07) is 13.4. The molecule has 0 N–H and O–H groups in total. The van der Waals surface area contributed by atoms with Gasteiger partial charge in [-0.2, -0.15) is 0 Å². The maximum Gasteiger partial charge on any atom is 0.160 e. The highest BCUT2D eigenvalue weighted by molar-refractivity contribution is 8.14. The Kier molecular flexibility index (Phi) is 4.97. The minimum absolute atomic E-state index is 0.0201. The lowest BCUT2D eigenvalue weighted by Crippen LogP contribution is -2.35. The first-order chi connectivity index (χ1) is 13.8. The third-order valence-corrected chi connectivity index (χ3v) is 7.52. The van der Waals surface area contributed by atoms with Gasteiger partial charge in [-0.25, -0.2) is 0 Å². The minimum atomic E-state index is 0.0201. The molecule has 0 aliphatic carbocycles. The van der Waals surface area contributed by atoms with Crippen molar-refractivity contribution in [2.45, 2.75) is 44.3 Å². The highest BCUT2D eigenvalue weighted by Gasteiger charge is 2.45. The van der Waals surface area contributed by atoms with Crippen molar-refractivity contribution in [2.24, 2.45) is 4.99 Å². The van der Waals surface area contributed by atoms with Crippen LogP contribution >= 0.6 is 23.4 Å². The van der Waals surface area contributed by atoms with E-state index in [1.54, 1.807) is 0 Å². The van der Waals surface area contributed by atoms with Crippen LogP contribution in [0.15, 0.2) is 47.6 Å². The molecule has 5 rings (SSSR count). The van der Waals surface area contributed by atoms with E-state index in [0.29, 0.717) is 6.04 Å². The van der Waals surface area contributed by atoms with E-state index in [1.165, 1.54) is 24.1 Å². The summed E-state index contributed by atoms with van der Waals surface area (Å²) in [5.41, 5.74) is 3.44. The molecule has 0 bridgehead atoms. The van der Waals surface area contributed by atoms with Gasteiger partial charge in [0.1, 0.15) is 6.04 Å². The number of fused-ring (bicyclic) bond motifs is 1. The molecule has 3 aliphatic rings. The van der Waals surface area contributed by atoms with Crippen LogP contribution in [-0.4, -0.2) is 39.9 Å². The first-order valence-electron chi connectivity index (χ1n) is 10.2. The van der Waals surface area contributed by atoms with Crippen molar-refractivity contribution in [1.82, 2.24) is 9.88 Å². The zero-order valence-electron chi connectivity index (χ0n) is 16.1. The van der Waals surface area contributed by atoms with Crippen LogP contribution in [0.1, 0.15) is 49.5 Å². The number of aliphatic imine (C=N–C) groups is 1. The molecule has 0 amide bonds. The third-order valence-electron chi connectivity index (χ3n) is 6.09. The Balaban J connectivity index is 1.54. The summed E-state index contributed by atoms with van der Waals surface area (Å²) < 4.78 is 0. The van der Waals surface area contributed by atoms with Crippen molar-refractivity contribution in [2.75, 3.05) is 23.7 Å². The molecule has 0 spiro atoms. The number of hydrogen-bond donors (Lipinski definition) is 0. The van der Waals surface area contributed by atoms with Crippen molar-refractivity contribution in [1.29, 1.82) is 0 Å². The predicted octanol–water partition coefficient (Wildman–Crippen LogP) is 5.31. The van der Waals surface area contributed by atoms with E-state index in [1.807, 2.05) is 24.0 Å². The molecule has 28 heavy (non-hydrogen) atoms. The molecule has 4 heterocycles. The fraction of sp³-hybridized carbons (Fsp3) is 0.455. The van der Waals surface area contributed by atoms with Gasteiger partial charge in [0.05, 0.1) is 22.4 Å². The van der Waals surface area contributed by atoms with Gasteiger partial charge < -0.3 is 9.80 Å². The zero-order chi connectivity index (χ0) is 19.1. The fourth-order valence-electron chi connectivity index (χ4n) is 4.63. The number of amidine groups is 1. The van der Waals surface area contributed by atoms with Gasteiger partial charge >= 0.3 is 0 Å². The molecule has 4 nitrogen and oxygen atoms in total. The number of halogens is 1. The molecule has 0 unspecified atom stereocenters. The first kappa shape index (κ1) is 18.3. The highest BCUT2D eigenvalue weighted by Crippen LogP contribution is 2.49. The van der Waals surface area contributed by atoms with E-state index in [2.05, 4.69) is 52.0 Å². The van der Waals surface area contributed by atoms with Gasteiger partial charge in [0, 0.05) is 31.1 Å². The minimum Gasteiger partial charge on any atom is -0.370 e. The van der Waals surface area contributed by atoms with Crippen LogP contribution in [0.3, 0.4) is 0 Å². The van der Waals surface area contributed by atoms with Gasteiger partial charge in [0.15, 0.2) is 5.17 Å². The van der Waals surface area contributed by atoms with E-state index in [0.717, 1.165) is 41.1 Å². The van der Waals surface area contributed by atoms with Gasteiger partial charge in [-0.15, -0.1) is 0 Å². The first-order valence-corrected chi connectivity index (χ1v) is 11.6. The number of thioether (sulfide) groups is 1. The van der Waals surface area contributed by atoms with Gasteiger partial charge in [0.2, 0.25) is 0 Å². The monoisotopic (exact) mass is 412 g/mol. The van der Waals surface area contributed by atoms with Gasteiger partial charge in [0.25, 0.3) is 0 Å². The number of rotatable bonds is 4. The zero-order valence-corrected chi connectivity index (χ0v) is 17.7. The summed E-state index contributed by atoms with van der Waals surface area (Å²) >= 11 is 8.65. The molecule has 6 heteroatoms. The van der Waals surface area contributed by atoms with Gasteiger partial charge in [-0.05, 0) is 49.1 Å². The maximum atomic E-state index is 6.78. The Morgan fingerprint density at radius 3 is 2.75 bits per heavy atom. The average Bonchev–Trinajstić information content (AvgIpc) is 3.45. The van der Waals surface area contributed by atoms with Gasteiger partial charge in [-0.3, -0.25) is 9.98 Å². The summed E-state index contributed by atoms with van der Waals surface area (Å²) in [5.74, 6) is 1.11. The summed E-state index contributed by atoms with van der Waals surface area (Å²) in [6.07, 6.45) is 5.49. The van der Waals surface area contributed by atoms with Crippen molar-refractivity contribution in [3.05, 3.63) is 58.9 Å². The molecule has 2 saturated heterocycles. The highest BCUT2D eigenvalue weighted by atomic mass is 35.5. The summed E-state index contributed by atoms with van der Waals surface area (Å²) in [7, 11) is 0. The van der Waals surface area contributed by atoms with E-state index in [-0.39, 0.29) is 12.1 Å². The molecule has 146 valence electrons. The number of benzene rings is 1. The number of pyridine rings is 1. The molecule has 2 fully saturated rings. The van der Waals surface area contributed by atoms with Crippen LogP contribution in [-0.2, 0) is 0 Å². The average molecular weight is 413 g/mol. The van der Waals surface area contributed by atoms with E-state index >= 15 is 0 Å². The number of anilines is 1. The Morgan fingerprint density at radius 2 is 2.04 bits per heavy atom. The van der Waals surface area contributed by atoms with Crippen LogP contribution in [0.25, 0.3) is 0 Å². The molecule has 2 aromatic rings. The molecule has 1 aromatic carbocycles. The van der Waals surface area contributed by atoms with Crippen LogP contribution in [0, 0.1) is 0 Å². The molecule has 3 aliphatic heterocycles. The Hall–Kier alpha value is -1.72. The SMILES string of the molecule is CC[C@H]1CSC2=N[C@H](c3ccccn3)[C@@H](c3ccc(N4CCCC4)c(Cl)c3)N21. The lowest BCUT2D eigenvalue weighted by Gasteiger charge is -2.32. The summed E-state index contributed by atoms with van der Waals surface area (Å²) in [5, 5.41) is 2.01. The topological polar surface area (TPSA) is 31.7 Å². The largest absolute Gasteiger partial charge is 0.370 e. The van der Waals surface area contributed by atoms with Crippen molar-refractivity contribution < 1.29 is 0 Å². The molecular weight excluding hydrogens is 388 g/mol. The molecule has 3 atom stereocenters. The smallest absolute Gasteiger partial charge is 0.160 e. The second-order valence-corrected chi connectivity index (χ2v) is 9.14. The van der Waals surface area contributed by atoms with Crippen LogP contribution in [0.2, 0.25) is 5.02 Å². The Morgan fingerprint density at radius 1 is 1.18 bits per heavy atom. The third kappa shape index (κ3) is 3.09. The fourth-order valence-corrected chi connectivity index (χ4v) is 6.28. The second kappa shape index (κ2) is 7.60. The number of aromatic nitrogens is 1. The van der Waals surface area contributed by atoms with Crippen molar-refractivity contribution in [3.8, 4) is 0 Å². The summed E-state index contributed by atoms with van der Waals surface area (Å²) in [4.78, 5) is 14.7.